The molecule has 0 atom stereocenters. The second-order valence-corrected chi connectivity index (χ2v) is 6.04. The maximum absolute atomic E-state index is 12.0. The summed E-state index contributed by atoms with van der Waals surface area (Å²) in [7, 11) is 0. The number of hydrogen-bond acceptors (Lipinski definition) is 4. The number of aryl methyl sites for hydroxylation is 1. The predicted octanol–water partition coefficient (Wildman–Crippen LogP) is 1.78. The average molecular weight is 333 g/mol. The quantitative estimate of drug-likeness (QED) is 0.862. The summed E-state index contributed by atoms with van der Waals surface area (Å²) >= 11 is 0. The van der Waals surface area contributed by atoms with Gasteiger partial charge in [0.05, 0.1) is 6.61 Å². The van der Waals surface area contributed by atoms with Crippen molar-refractivity contribution in [3.8, 4) is 0 Å². The van der Waals surface area contributed by atoms with Gasteiger partial charge in [0, 0.05) is 45.7 Å². The van der Waals surface area contributed by atoms with Crippen LogP contribution in [0.25, 0.3) is 0 Å². The molecule has 1 fully saturated rings. The summed E-state index contributed by atoms with van der Waals surface area (Å²) in [5.74, 6) is 0.0587. The first-order chi connectivity index (χ1) is 11.6. The lowest BCUT2D eigenvalue weighted by Crippen LogP contribution is -2.49. The molecule has 1 heterocycles. The van der Waals surface area contributed by atoms with Crippen molar-refractivity contribution >= 4 is 12.0 Å². The first-order valence-corrected chi connectivity index (χ1v) is 8.54. The fourth-order valence-corrected chi connectivity index (χ4v) is 2.62. The zero-order chi connectivity index (χ0) is 17.4. The van der Waals surface area contributed by atoms with Gasteiger partial charge >= 0.3 is 6.09 Å². The molecule has 0 aromatic heterocycles. The smallest absolute Gasteiger partial charge is 0.409 e. The molecule has 1 aliphatic rings. The number of benzene rings is 1. The molecule has 0 spiro atoms. The molecular formula is C18H27N3O3. The maximum atomic E-state index is 12.0. The molecule has 2 rings (SSSR count). The Bertz CT molecular complexity index is 537. The molecule has 0 unspecified atom stereocenters. The van der Waals surface area contributed by atoms with Gasteiger partial charge in [-0.15, -0.1) is 0 Å². The molecule has 0 aliphatic carbocycles. The second-order valence-electron chi connectivity index (χ2n) is 6.04. The van der Waals surface area contributed by atoms with E-state index in [1.807, 2.05) is 38.1 Å². The van der Waals surface area contributed by atoms with Crippen molar-refractivity contribution in [2.45, 2.75) is 26.8 Å². The third kappa shape index (κ3) is 5.85. The van der Waals surface area contributed by atoms with Crippen LogP contribution in [0.1, 0.15) is 24.5 Å². The largest absolute Gasteiger partial charge is 0.450 e. The summed E-state index contributed by atoms with van der Waals surface area (Å²) in [6.45, 7) is 8.42. The van der Waals surface area contributed by atoms with Crippen LogP contribution in [0.15, 0.2) is 24.3 Å². The Morgan fingerprint density at radius 3 is 2.42 bits per heavy atom. The summed E-state index contributed by atoms with van der Waals surface area (Å²) in [6.07, 6.45) is 0.235. The molecular weight excluding hydrogens is 306 g/mol. The van der Waals surface area contributed by atoms with Gasteiger partial charge in [-0.1, -0.05) is 29.8 Å². The highest BCUT2D eigenvalue weighted by Crippen LogP contribution is 2.05. The maximum Gasteiger partial charge on any atom is 0.409 e. The van der Waals surface area contributed by atoms with Crippen molar-refractivity contribution in [2.75, 3.05) is 39.3 Å². The molecule has 0 saturated carbocycles. The molecule has 6 nitrogen and oxygen atoms in total. The number of carbonyl (C=O) groups is 2. The van der Waals surface area contributed by atoms with E-state index >= 15 is 0 Å². The van der Waals surface area contributed by atoms with Gasteiger partial charge in [-0.05, 0) is 19.4 Å². The lowest BCUT2D eigenvalue weighted by atomic mass is 10.1. The highest BCUT2D eigenvalue weighted by atomic mass is 16.6. The number of ether oxygens (including phenoxy) is 1. The Morgan fingerprint density at radius 1 is 1.12 bits per heavy atom. The van der Waals surface area contributed by atoms with E-state index in [1.54, 1.807) is 4.90 Å². The number of rotatable bonds is 6. The van der Waals surface area contributed by atoms with Crippen LogP contribution in [0.4, 0.5) is 4.79 Å². The molecule has 2 amide bonds. The number of nitrogens with one attached hydrogen (secondary N) is 1. The Morgan fingerprint density at radius 2 is 1.79 bits per heavy atom. The fraction of sp³-hybridized carbons (Fsp3) is 0.556. The minimum absolute atomic E-state index is 0.0587. The number of amides is 2. The zero-order valence-electron chi connectivity index (χ0n) is 14.6. The normalized spacial score (nSPS) is 15.2. The van der Waals surface area contributed by atoms with Crippen molar-refractivity contribution in [3.63, 3.8) is 0 Å². The number of piperazine rings is 1. The Labute approximate surface area is 143 Å². The average Bonchev–Trinajstić information content (AvgIpc) is 2.60. The summed E-state index contributed by atoms with van der Waals surface area (Å²) in [5, 5.41) is 2.95. The monoisotopic (exact) mass is 333 g/mol. The van der Waals surface area contributed by atoms with Gasteiger partial charge in [0.25, 0.3) is 0 Å². The van der Waals surface area contributed by atoms with Gasteiger partial charge in [0.1, 0.15) is 0 Å². The first kappa shape index (κ1) is 18.3. The standard InChI is InChI=1S/C18H27N3O3/c1-3-24-18(23)21-12-10-20(11-13-21)9-8-17(22)19-14-16-6-4-15(2)5-7-16/h4-7H,3,8-14H2,1-2H3,(H,19,22). The van der Waals surface area contributed by atoms with Crippen molar-refractivity contribution in [3.05, 3.63) is 35.4 Å². The van der Waals surface area contributed by atoms with Crippen LogP contribution < -0.4 is 5.32 Å². The Balaban J connectivity index is 1.62. The third-order valence-electron chi connectivity index (χ3n) is 4.16. The summed E-state index contributed by atoms with van der Waals surface area (Å²) in [6, 6.07) is 8.16. The molecule has 6 heteroatoms. The van der Waals surface area contributed by atoms with Crippen LogP contribution >= 0.6 is 0 Å². The summed E-state index contributed by atoms with van der Waals surface area (Å²) in [5.41, 5.74) is 2.32. The van der Waals surface area contributed by atoms with Gasteiger partial charge in [-0.2, -0.15) is 0 Å². The van der Waals surface area contributed by atoms with Crippen molar-refractivity contribution in [1.29, 1.82) is 0 Å². The minimum atomic E-state index is -0.243. The minimum Gasteiger partial charge on any atom is -0.450 e. The van der Waals surface area contributed by atoms with E-state index in [9.17, 15) is 9.59 Å². The molecule has 1 aromatic rings. The molecule has 0 radical (unpaired) electrons. The van der Waals surface area contributed by atoms with Crippen LogP contribution in [0.3, 0.4) is 0 Å². The van der Waals surface area contributed by atoms with Gasteiger partial charge in [0.15, 0.2) is 0 Å². The molecule has 1 saturated heterocycles. The molecule has 0 bridgehead atoms. The van der Waals surface area contributed by atoms with Gasteiger partial charge in [-0.3, -0.25) is 9.69 Å². The van der Waals surface area contributed by atoms with Gasteiger partial charge in [-0.25, -0.2) is 4.79 Å². The molecule has 24 heavy (non-hydrogen) atoms. The lowest BCUT2D eigenvalue weighted by molar-refractivity contribution is -0.121. The number of hydrogen-bond donors (Lipinski definition) is 1. The van der Waals surface area contributed by atoms with Crippen molar-refractivity contribution in [1.82, 2.24) is 15.1 Å². The van der Waals surface area contributed by atoms with Crippen LogP contribution in [0, 0.1) is 6.92 Å². The molecule has 1 aromatic carbocycles. The van der Waals surface area contributed by atoms with E-state index in [-0.39, 0.29) is 12.0 Å². The Hall–Kier alpha value is -2.08. The van der Waals surface area contributed by atoms with Crippen LogP contribution in [0.2, 0.25) is 0 Å². The highest BCUT2D eigenvalue weighted by molar-refractivity contribution is 5.76. The van der Waals surface area contributed by atoms with E-state index in [4.69, 9.17) is 4.74 Å². The summed E-state index contributed by atoms with van der Waals surface area (Å²) < 4.78 is 5.00. The number of nitrogens with zero attached hydrogens (tertiary/aromatic N) is 2. The zero-order valence-corrected chi connectivity index (χ0v) is 14.6. The van der Waals surface area contributed by atoms with E-state index in [1.165, 1.54) is 5.56 Å². The molecule has 1 aliphatic heterocycles. The lowest BCUT2D eigenvalue weighted by Gasteiger charge is -2.33. The first-order valence-electron chi connectivity index (χ1n) is 8.54. The number of carbonyl (C=O) groups excluding carboxylic acids is 2. The highest BCUT2D eigenvalue weighted by Gasteiger charge is 2.21. The second kappa shape index (κ2) is 9.27. The predicted molar refractivity (Wildman–Crippen MR) is 92.7 cm³/mol. The van der Waals surface area contributed by atoms with Crippen LogP contribution in [-0.2, 0) is 16.1 Å². The van der Waals surface area contributed by atoms with Crippen LogP contribution in [0.5, 0.6) is 0 Å². The van der Waals surface area contributed by atoms with E-state index in [2.05, 4.69) is 10.2 Å². The van der Waals surface area contributed by atoms with E-state index < -0.39 is 0 Å². The van der Waals surface area contributed by atoms with Gasteiger partial charge < -0.3 is 15.0 Å². The topological polar surface area (TPSA) is 61.9 Å². The van der Waals surface area contributed by atoms with E-state index in [0.717, 1.165) is 25.2 Å². The van der Waals surface area contributed by atoms with Crippen molar-refractivity contribution < 1.29 is 14.3 Å². The van der Waals surface area contributed by atoms with Gasteiger partial charge in [0.2, 0.25) is 5.91 Å². The third-order valence-corrected chi connectivity index (χ3v) is 4.16. The van der Waals surface area contributed by atoms with Crippen molar-refractivity contribution in [2.24, 2.45) is 0 Å². The van der Waals surface area contributed by atoms with E-state index in [0.29, 0.717) is 32.7 Å². The summed E-state index contributed by atoms with van der Waals surface area (Å²) in [4.78, 5) is 27.5. The molecule has 132 valence electrons. The Kier molecular flexibility index (Phi) is 7.06. The van der Waals surface area contributed by atoms with Crippen LogP contribution in [-0.4, -0.2) is 61.1 Å². The SMILES string of the molecule is CCOC(=O)N1CCN(CCC(=O)NCc2ccc(C)cc2)CC1. The molecule has 1 N–H and O–H groups in total. The fourth-order valence-electron chi connectivity index (χ4n) is 2.62.